The van der Waals surface area contributed by atoms with E-state index >= 15 is 0 Å². The highest BCUT2D eigenvalue weighted by atomic mass is 16.5. The van der Waals surface area contributed by atoms with Crippen LogP contribution in [0.4, 0.5) is 5.69 Å². The molecule has 0 unspecified atom stereocenters. The van der Waals surface area contributed by atoms with Crippen LogP contribution < -0.4 is 14.8 Å². The molecule has 0 aliphatic carbocycles. The predicted molar refractivity (Wildman–Crippen MR) is 96.1 cm³/mol. The van der Waals surface area contributed by atoms with Gasteiger partial charge < -0.3 is 14.8 Å². The summed E-state index contributed by atoms with van der Waals surface area (Å²) in [4.78, 5) is 21.1. The Morgan fingerprint density at radius 3 is 2.40 bits per heavy atom. The normalized spacial score (nSPS) is 10.5. The molecule has 6 nitrogen and oxygen atoms in total. The second-order valence-corrected chi connectivity index (χ2v) is 5.59. The predicted octanol–water partition coefficient (Wildman–Crippen LogP) is 3.27. The minimum atomic E-state index is -0.262. The molecule has 25 heavy (non-hydrogen) atoms. The Morgan fingerprint density at radius 2 is 1.68 bits per heavy atom. The van der Waals surface area contributed by atoms with Gasteiger partial charge >= 0.3 is 0 Å². The molecule has 0 saturated heterocycles. The third-order valence-electron chi connectivity index (χ3n) is 3.79. The number of carbonyl (C=O) groups excluding carboxylic acids is 1. The summed E-state index contributed by atoms with van der Waals surface area (Å²) in [5.74, 6) is 0.847. The van der Waals surface area contributed by atoms with Gasteiger partial charge in [0.15, 0.2) is 18.1 Å². The van der Waals surface area contributed by atoms with Crippen LogP contribution in [-0.2, 0) is 4.79 Å². The van der Waals surface area contributed by atoms with Crippen LogP contribution in [0.5, 0.6) is 11.5 Å². The largest absolute Gasteiger partial charge is 0.493 e. The fraction of sp³-hybridized carbons (Fsp3) is 0.211. The van der Waals surface area contributed by atoms with E-state index in [0.29, 0.717) is 17.2 Å². The van der Waals surface area contributed by atoms with Gasteiger partial charge in [-0.1, -0.05) is 12.1 Å². The van der Waals surface area contributed by atoms with E-state index < -0.39 is 0 Å². The molecule has 128 valence electrons. The molecule has 0 aliphatic heterocycles. The first-order valence-corrected chi connectivity index (χ1v) is 7.87. The third kappa shape index (κ3) is 3.85. The van der Waals surface area contributed by atoms with Gasteiger partial charge in [-0.2, -0.15) is 0 Å². The molecule has 3 rings (SSSR count). The molecule has 1 aromatic heterocycles. The van der Waals surface area contributed by atoms with E-state index in [2.05, 4.69) is 15.3 Å². The molecule has 0 atom stereocenters. The number of nitrogens with one attached hydrogen (secondary N) is 1. The smallest absolute Gasteiger partial charge is 0.262 e. The maximum atomic E-state index is 12.1. The number of aromatic nitrogens is 2. The van der Waals surface area contributed by atoms with Crippen LogP contribution in [0.2, 0.25) is 0 Å². The number of amides is 1. The van der Waals surface area contributed by atoms with Crippen LogP contribution in [0.15, 0.2) is 42.5 Å². The number of rotatable bonds is 5. The average Bonchev–Trinajstić information content (AvgIpc) is 2.61. The molecule has 2 aromatic carbocycles. The number of carbonyl (C=O) groups is 1. The zero-order valence-electron chi connectivity index (χ0n) is 14.4. The van der Waals surface area contributed by atoms with E-state index in [1.165, 1.54) is 0 Å². The first-order valence-electron chi connectivity index (χ1n) is 7.87. The van der Waals surface area contributed by atoms with Gasteiger partial charge in [0.25, 0.3) is 5.91 Å². The summed E-state index contributed by atoms with van der Waals surface area (Å²) in [6.07, 6.45) is 0. The molecule has 6 heteroatoms. The van der Waals surface area contributed by atoms with Crippen molar-refractivity contribution in [2.24, 2.45) is 0 Å². The van der Waals surface area contributed by atoms with Gasteiger partial charge in [0.05, 0.1) is 29.5 Å². The van der Waals surface area contributed by atoms with E-state index in [1.54, 1.807) is 31.4 Å². The Balaban J connectivity index is 1.68. The van der Waals surface area contributed by atoms with Crippen molar-refractivity contribution in [2.75, 3.05) is 19.0 Å². The first-order chi connectivity index (χ1) is 12.1. The van der Waals surface area contributed by atoms with E-state index in [9.17, 15) is 4.79 Å². The number of nitrogens with zero attached hydrogens (tertiary/aromatic N) is 2. The van der Waals surface area contributed by atoms with Crippen LogP contribution in [0, 0.1) is 13.8 Å². The van der Waals surface area contributed by atoms with Gasteiger partial charge in [0, 0.05) is 5.69 Å². The molecular formula is C19H19N3O3. The van der Waals surface area contributed by atoms with Crippen LogP contribution >= 0.6 is 0 Å². The topological polar surface area (TPSA) is 73.3 Å². The molecule has 0 radical (unpaired) electrons. The summed E-state index contributed by atoms with van der Waals surface area (Å²) in [5.41, 5.74) is 3.96. The van der Waals surface area contributed by atoms with Crippen molar-refractivity contribution >= 4 is 22.6 Å². The maximum Gasteiger partial charge on any atom is 0.262 e. The first kappa shape index (κ1) is 16.7. The van der Waals surface area contributed by atoms with Gasteiger partial charge in [-0.05, 0) is 44.2 Å². The molecule has 1 amide bonds. The SMILES string of the molecule is COc1ccccc1OCC(=O)Nc1ccc2nc(C)c(C)nc2c1. The van der Waals surface area contributed by atoms with Crippen LogP contribution in [-0.4, -0.2) is 29.6 Å². The Labute approximate surface area is 145 Å². The Morgan fingerprint density at radius 1 is 1.00 bits per heavy atom. The van der Waals surface area contributed by atoms with Gasteiger partial charge in [0.2, 0.25) is 0 Å². The average molecular weight is 337 g/mol. The number of anilines is 1. The lowest BCUT2D eigenvalue weighted by Crippen LogP contribution is -2.20. The van der Waals surface area contributed by atoms with Gasteiger partial charge in [-0.3, -0.25) is 4.79 Å². The Kier molecular flexibility index (Phi) is 4.79. The van der Waals surface area contributed by atoms with Gasteiger partial charge in [0.1, 0.15) is 0 Å². The van der Waals surface area contributed by atoms with E-state index in [4.69, 9.17) is 9.47 Å². The van der Waals surface area contributed by atoms with Crippen molar-refractivity contribution in [3.05, 3.63) is 53.9 Å². The summed E-state index contributed by atoms with van der Waals surface area (Å²) in [6, 6.07) is 12.6. The molecule has 0 aliphatic rings. The molecule has 1 N–H and O–H groups in total. The standard InChI is InChI=1S/C19H19N3O3/c1-12-13(2)21-16-10-14(8-9-15(16)20-12)22-19(23)11-25-18-7-5-4-6-17(18)24-3/h4-10H,11H2,1-3H3,(H,22,23). The minimum Gasteiger partial charge on any atom is -0.493 e. The number of hydrogen-bond donors (Lipinski definition) is 1. The zero-order chi connectivity index (χ0) is 17.8. The molecular weight excluding hydrogens is 318 g/mol. The monoisotopic (exact) mass is 337 g/mol. The number of methoxy groups -OCH3 is 1. The van der Waals surface area contributed by atoms with Crippen LogP contribution in [0.3, 0.4) is 0 Å². The Hall–Kier alpha value is -3.15. The lowest BCUT2D eigenvalue weighted by atomic mass is 10.2. The summed E-state index contributed by atoms with van der Waals surface area (Å²) < 4.78 is 10.7. The molecule has 0 bridgehead atoms. The van der Waals surface area contributed by atoms with Gasteiger partial charge in [-0.15, -0.1) is 0 Å². The number of ether oxygens (including phenoxy) is 2. The zero-order valence-corrected chi connectivity index (χ0v) is 14.4. The van der Waals surface area contributed by atoms with Crippen molar-refractivity contribution in [2.45, 2.75) is 13.8 Å². The van der Waals surface area contributed by atoms with Crippen molar-refractivity contribution in [3.8, 4) is 11.5 Å². The fourth-order valence-corrected chi connectivity index (χ4v) is 2.39. The van der Waals surface area contributed by atoms with Crippen molar-refractivity contribution in [1.82, 2.24) is 9.97 Å². The number of hydrogen-bond acceptors (Lipinski definition) is 5. The lowest BCUT2D eigenvalue weighted by molar-refractivity contribution is -0.118. The molecule has 0 spiro atoms. The quantitative estimate of drug-likeness (QED) is 0.773. The highest BCUT2D eigenvalue weighted by Crippen LogP contribution is 2.25. The van der Waals surface area contributed by atoms with Crippen molar-refractivity contribution in [1.29, 1.82) is 0 Å². The third-order valence-corrected chi connectivity index (χ3v) is 3.79. The highest BCUT2D eigenvalue weighted by molar-refractivity contribution is 5.93. The number of para-hydroxylation sites is 2. The molecule has 3 aromatic rings. The fourth-order valence-electron chi connectivity index (χ4n) is 2.39. The number of benzene rings is 2. The van der Waals surface area contributed by atoms with Crippen molar-refractivity contribution in [3.63, 3.8) is 0 Å². The summed E-state index contributed by atoms with van der Waals surface area (Å²) in [5, 5.41) is 2.80. The minimum absolute atomic E-state index is 0.114. The Bertz CT molecular complexity index is 925. The van der Waals surface area contributed by atoms with Crippen molar-refractivity contribution < 1.29 is 14.3 Å². The number of aryl methyl sites for hydroxylation is 2. The van der Waals surface area contributed by atoms with E-state index in [-0.39, 0.29) is 12.5 Å². The summed E-state index contributed by atoms with van der Waals surface area (Å²) in [6.45, 7) is 3.72. The lowest BCUT2D eigenvalue weighted by Gasteiger charge is -2.11. The van der Waals surface area contributed by atoms with Gasteiger partial charge in [-0.25, -0.2) is 9.97 Å². The molecule has 0 saturated carbocycles. The summed E-state index contributed by atoms with van der Waals surface area (Å²) in [7, 11) is 1.56. The van der Waals surface area contributed by atoms with E-state index in [0.717, 1.165) is 22.4 Å². The molecule has 1 heterocycles. The summed E-state index contributed by atoms with van der Waals surface area (Å²) >= 11 is 0. The highest BCUT2D eigenvalue weighted by Gasteiger charge is 2.08. The van der Waals surface area contributed by atoms with Crippen LogP contribution in [0.25, 0.3) is 11.0 Å². The van der Waals surface area contributed by atoms with Crippen LogP contribution in [0.1, 0.15) is 11.4 Å². The second-order valence-electron chi connectivity index (χ2n) is 5.59. The number of fused-ring (bicyclic) bond motifs is 1. The maximum absolute atomic E-state index is 12.1. The molecule has 0 fully saturated rings. The van der Waals surface area contributed by atoms with E-state index in [1.807, 2.05) is 32.0 Å². The second kappa shape index (κ2) is 7.17.